The predicted octanol–water partition coefficient (Wildman–Crippen LogP) is 0.903. The minimum Gasteiger partial charge on any atom is -0.377 e. The van der Waals surface area contributed by atoms with Crippen LogP contribution >= 0.6 is 0 Å². The number of rotatable bonds is 2. The van der Waals surface area contributed by atoms with Crippen LogP contribution in [0.3, 0.4) is 0 Å². The van der Waals surface area contributed by atoms with E-state index in [2.05, 4.69) is 0 Å². The SMILES string of the molecule is CCO[C@@H]1CCC[C@@H]1N. The molecule has 1 fully saturated rings. The van der Waals surface area contributed by atoms with E-state index in [9.17, 15) is 0 Å². The molecule has 1 aliphatic rings. The van der Waals surface area contributed by atoms with Gasteiger partial charge in [-0.1, -0.05) is 0 Å². The van der Waals surface area contributed by atoms with Gasteiger partial charge in [-0.05, 0) is 26.2 Å². The second kappa shape index (κ2) is 3.18. The molecule has 9 heavy (non-hydrogen) atoms. The third-order valence-corrected chi connectivity index (χ3v) is 1.88. The summed E-state index contributed by atoms with van der Waals surface area (Å²) in [5, 5.41) is 0. The van der Waals surface area contributed by atoms with Gasteiger partial charge < -0.3 is 10.5 Å². The van der Waals surface area contributed by atoms with Crippen molar-refractivity contribution < 1.29 is 4.74 Å². The minimum absolute atomic E-state index is 0.310. The van der Waals surface area contributed by atoms with Crippen LogP contribution in [0.5, 0.6) is 0 Å². The van der Waals surface area contributed by atoms with E-state index in [4.69, 9.17) is 10.5 Å². The maximum atomic E-state index is 5.74. The van der Waals surface area contributed by atoms with Gasteiger partial charge in [0.15, 0.2) is 0 Å². The molecule has 1 aliphatic carbocycles. The van der Waals surface area contributed by atoms with E-state index < -0.39 is 0 Å². The van der Waals surface area contributed by atoms with Crippen LogP contribution in [-0.2, 0) is 4.74 Å². The van der Waals surface area contributed by atoms with Crippen molar-refractivity contribution in [2.24, 2.45) is 5.73 Å². The van der Waals surface area contributed by atoms with Crippen molar-refractivity contribution in [3.05, 3.63) is 0 Å². The highest BCUT2D eigenvalue weighted by molar-refractivity contribution is 4.80. The zero-order chi connectivity index (χ0) is 6.69. The van der Waals surface area contributed by atoms with E-state index in [0.29, 0.717) is 12.1 Å². The molecule has 0 aromatic carbocycles. The van der Waals surface area contributed by atoms with Crippen molar-refractivity contribution in [2.75, 3.05) is 6.61 Å². The minimum atomic E-state index is 0.310. The van der Waals surface area contributed by atoms with Gasteiger partial charge in [-0.15, -0.1) is 0 Å². The zero-order valence-corrected chi connectivity index (χ0v) is 5.97. The van der Waals surface area contributed by atoms with Gasteiger partial charge in [0.2, 0.25) is 0 Å². The molecule has 0 spiro atoms. The number of hydrogen-bond donors (Lipinski definition) is 1. The second-order valence-electron chi connectivity index (χ2n) is 2.59. The molecule has 0 aliphatic heterocycles. The average Bonchev–Trinajstić information content (AvgIpc) is 2.18. The Morgan fingerprint density at radius 3 is 2.78 bits per heavy atom. The van der Waals surface area contributed by atoms with Gasteiger partial charge in [-0.3, -0.25) is 0 Å². The molecule has 0 heterocycles. The molecule has 0 aromatic heterocycles. The molecule has 2 N–H and O–H groups in total. The molecule has 0 amide bonds. The van der Waals surface area contributed by atoms with Crippen LogP contribution in [0.15, 0.2) is 0 Å². The fourth-order valence-corrected chi connectivity index (χ4v) is 1.38. The maximum Gasteiger partial charge on any atom is 0.0725 e. The van der Waals surface area contributed by atoms with Crippen LogP contribution in [0.25, 0.3) is 0 Å². The van der Waals surface area contributed by atoms with E-state index in [1.54, 1.807) is 0 Å². The smallest absolute Gasteiger partial charge is 0.0725 e. The summed E-state index contributed by atoms with van der Waals surface area (Å²) >= 11 is 0. The molecule has 2 atom stereocenters. The summed E-state index contributed by atoms with van der Waals surface area (Å²) in [6.45, 7) is 2.82. The summed E-state index contributed by atoms with van der Waals surface area (Å²) < 4.78 is 5.39. The van der Waals surface area contributed by atoms with Crippen LogP contribution in [0.4, 0.5) is 0 Å². The van der Waals surface area contributed by atoms with E-state index in [1.807, 2.05) is 6.92 Å². The van der Waals surface area contributed by atoms with Gasteiger partial charge in [0.25, 0.3) is 0 Å². The second-order valence-corrected chi connectivity index (χ2v) is 2.59. The summed E-state index contributed by atoms with van der Waals surface area (Å²) in [5.41, 5.74) is 5.74. The van der Waals surface area contributed by atoms with Gasteiger partial charge in [-0.2, -0.15) is 0 Å². The monoisotopic (exact) mass is 129 g/mol. The van der Waals surface area contributed by atoms with Crippen molar-refractivity contribution in [3.8, 4) is 0 Å². The normalized spacial score (nSPS) is 35.3. The molecule has 1 saturated carbocycles. The number of hydrogen-bond acceptors (Lipinski definition) is 2. The predicted molar refractivity (Wildman–Crippen MR) is 37.2 cm³/mol. The molecule has 0 bridgehead atoms. The largest absolute Gasteiger partial charge is 0.377 e. The van der Waals surface area contributed by atoms with Gasteiger partial charge in [0.05, 0.1) is 6.10 Å². The maximum absolute atomic E-state index is 5.74. The Labute approximate surface area is 56.4 Å². The van der Waals surface area contributed by atoms with E-state index in [-0.39, 0.29) is 0 Å². The molecular formula is C7H15NO. The Hall–Kier alpha value is -0.0800. The molecule has 0 unspecified atom stereocenters. The van der Waals surface area contributed by atoms with Crippen LogP contribution in [0, 0.1) is 0 Å². The van der Waals surface area contributed by atoms with E-state index >= 15 is 0 Å². The average molecular weight is 129 g/mol. The fraction of sp³-hybridized carbons (Fsp3) is 1.00. The fourth-order valence-electron chi connectivity index (χ4n) is 1.38. The van der Waals surface area contributed by atoms with Crippen molar-refractivity contribution in [3.63, 3.8) is 0 Å². The first-order valence-corrected chi connectivity index (χ1v) is 3.71. The van der Waals surface area contributed by atoms with Gasteiger partial charge in [0, 0.05) is 12.6 Å². The van der Waals surface area contributed by atoms with Crippen molar-refractivity contribution in [1.82, 2.24) is 0 Å². The highest BCUT2D eigenvalue weighted by atomic mass is 16.5. The summed E-state index contributed by atoms with van der Waals surface area (Å²) in [6.07, 6.45) is 3.90. The Bertz CT molecular complexity index is 85.0. The zero-order valence-electron chi connectivity index (χ0n) is 5.97. The summed E-state index contributed by atoms with van der Waals surface area (Å²) in [6, 6.07) is 0.310. The van der Waals surface area contributed by atoms with Crippen molar-refractivity contribution in [2.45, 2.75) is 38.3 Å². The quantitative estimate of drug-likeness (QED) is 0.601. The lowest BCUT2D eigenvalue weighted by Crippen LogP contribution is -2.31. The van der Waals surface area contributed by atoms with Crippen LogP contribution in [-0.4, -0.2) is 18.8 Å². The standard InChI is InChI=1S/C7H15NO/c1-2-9-7-5-3-4-6(7)8/h6-7H,2-5,8H2,1H3/t6-,7+/m0/s1. The van der Waals surface area contributed by atoms with Crippen LogP contribution in [0.2, 0.25) is 0 Å². The first-order chi connectivity index (χ1) is 4.34. The highest BCUT2D eigenvalue weighted by Gasteiger charge is 2.23. The lowest BCUT2D eigenvalue weighted by atomic mass is 10.2. The van der Waals surface area contributed by atoms with Crippen molar-refractivity contribution in [1.29, 1.82) is 0 Å². The number of ether oxygens (including phenoxy) is 1. The Morgan fingerprint density at radius 2 is 2.33 bits per heavy atom. The summed E-state index contributed by atoms with van der Waals surface area (Å²) in [5.74, 6) is 0. The number of nitrogens with two attached hydrogens (primary N) is 1. The van der Waals surface area contributed by atoms with E-state index in [1.165, 1.54) is 6.42 Å². The van der Waals surface area contributed by atoms with Crippen molar-refractivity contribution >= 4 is 0 Å². The van der Waals surface area contributed by atoms with Gasteiger partial charge >= 0.3 is 0 Å². The third-order valence-electron chi connectivity index (χ3n) is 1.88. The Morgan fingerprint density at radius 1 is 1.56 bits per heavy atom. The third kappa shape index (κ3) is 1.66. The van der Waals surface area contributed by atoms with Crippen LogP contribution in [0.1, 0.15) is 26.2 Å². The molecule has 1 rings (SSSR count). The Kier molecular flexibility index (Phi) is 2.49. The lowest BCUT2D eigenvalue weighted by Gasteiger charge is -2.14. The molecule has 0 saturated heterocycles. The van der Waals surface area contributed by atoms with Gasteiger partial charge in [0.1, 0.15) is 0 Å². The molecule has 54 valence electrons. The topological polar surface area (TPSA) is 35.2 Å². The molecule has 0 aromatic rings. The molecule has 2 nitrogen and oxygen atoms in total. The first kappa shape index (κ1) is 7.03. The Balaban J connectivity index is 2.22. The van der Waals surface area contributed by atoms with E-state index in [0.717, 1.165) is 19.4 Å². The highest BCUT2D eigenvalue weighted by Crippen LogP contribution is 2.19. The molecule has 0 radical (unpaired) electrons. The first-order valence-electron chi connectivity index (χ1n) is 3.71. The lowest BCUT2D eigenvalue weighted by molar-refractivity contribution is 0.0576. The molecular weight excluding hydrogens is 114 g/mol. The summed E-state index contributed by atoms with van der Waals surface area (Å²) in [4.78, 5) is 0. The summed E-state index contributed by atoms with van der Waals surface area (Å²) in [7, 11) is 0. The van der Waals surface area contributed by atoms with Crippen LogP contribution < -0.4 is 5.73 Å². The molecule has 2 heteroatoms. The van der Waals surface area contributed by atoms with Gasteiger partial charge in [-0.25, -0.2) is 0 Å².